The number of carbonyl (C=O) groups is 3. The van der Waals surface area contributed by atoms with E-state index in [4.69, 9.17) is 9.47 Å². The van der Waals surface area contributed by atoms with Gasteiger partial charge in [0, 0.05) is 11.7 Å². The summed E-state index contributed by atoms with van der Waals surface area (Å²) in [5, 5.41) is 5.37. The molecule has 3 amide bonds. The number of nitrogens with one attached hydrogen (secondary N) is 2. The maximum absolute atomic E-state index is 13.2. The Labute approximate surface area is 200 Å². The molecule has 8 heteroatoms. The van der Waals surface area contributed by atoms with Crippen LogP contribution in [0, 0.1) is 0 Å². The first kappa shape index (κ1) is 25.1. The van der Waals surface area contributed by atoms with Gasteiger partial charge in [0.1, 0.15) is 11.5 Å². The molecule has 0 bridgehead atoms. The van der Waals surface area contributed by atoms with Crippen molar-refractivity contribution in [2.24, 2.45) is 0 Å². The summed E-state index contributed by atoms with van der Waals surface area (Å²) in [4.78, 5) is 39.7. The Morgan fingerprint density at radius 1 is 0.853 bits per heavy atom. The van der Waals surface area contributed by atoms with Gasteiger partial charge in [-0.05, 0) is 54.8 Å². The Kier molecular flexibility index (Phi) is 9.31. The number of ether oxygens (including phenoxy) is 2. The molecule has 182 valence electrons. The van der Waals surface area contributed by atoms with Crippen molar-refractivity contribution < 1.29 is 23.9 Å². The number of benzene rings is 2. The quantitative estimate of drug-likeness (QED) is 0.560. The molecule has 0 aromatic heterocycles. The highest BCUT2D eigenvalue weighted by Gasteiger charge is 2.27. The normalized spacial score (nSPS) is 13.6. The topological polar surface area (TPSA) is 97.0 Å². The van der Waals surface area contributed by atoms with Crippen LogP contribution in [0.4, 0.5) is 5.69 Å². The van der Waals surface area contributed by atoms with Crippen molar-refractivity contribution in [3.05, 3.63) is 54.1 Å². The van der Waals surface area contributed by atoms with E-state index in [0.717, 1.165) is 43.4 Å². The second-order valence-corrected chi connectivity index (χ2v) is 8.39. The third kappa shape index (κ3) is 7.50. The van der Waals surface area contributed by atoms with Crippen molar-refractivity contribution in [3.8, 4) is 11.5 Å². The largest absolute Gasteiger partial charge is 0.497 e. The summed E-state index contributed by atoms with van der Waals surface area (Å²) in [6.45, 7) is -0.231. The van der Waals surface area contributed by atoms with Crippen molar-refractivity contribution in [2.75, 3.05) is 32.6 Å². The average Bonchev–Trinajstić information content (AvgIpc) is 2.87. The van der Waals surface area contributed by atoms with E-state index in [-0.39, 0.29) is 43.3 Å². The van der Waals surface area contributed by atoms with E-state index in [1.165, 1.54) is 0 Å². The van der Waals surface area contributed by atoms with Gasteiger partial charge in [-0.3, -0.25) is 14.4 Å². The number of anilines is 1. The highest BCUT2D eigenvalue weighted by atomic mass is 16.5. The van der Waals surface area contributed by atoms with E-state index in [9.17, 15) is 14.4 Å². The number of nitrogens with zero attached hydrogens (tertiary/aromatic N) is 1. The van der Waals surface area contributed by atoms with Crippen LogP contribution in [0.5, 0.6) is 11.5 Å². The van der Waals surface area contributed by atoms with Crippen molar-refractivity contribution in [1.29, 1.82) is 0 Å². The lowest BCUT2D eigenvalue weighted by molar-refractivity contribution is -0.138. The van der Waals surface area contributed by atoms with E-state index in [0.29, 0.717) is 11.4 Å². The smallest absolute Gasteiger partial charge is 0.243 e. The van der Waals surface area contributed by atoms with Gasteiger partial charge in [-0.15, -0.1) is 0 Å². The second kappa shape index (κ2) is 12.6. The van der Waals surface area contributed by atoms with Crippen molar-refractivity contribution in [3.63, 3.8) is 0 Å². The van der Waals surface area contributed by atoms with E-state index >= 15 is 0 Å². The Morgan fingerprint density at radius 3 is 2.03 bits per heavy atom. The fourth-order valence-electron chi connectivity index (χ4n) is 4.10. The summed E-state index contributed by atoms with van der Waals surface area (Å²) in [6.07, 6.45) is 5.23. The first-order valence-electron chi connectivity index (χ1n) is 11.6. The average molecular weight is 468 g/mol. The highest BCUT2D eigenvalue weighted by Crippen LogP contribution is 2.23. The molecule has 2 N–H and O–H groups in total. The van der Waals surface area contributed by atoms with Gasteiger partial charge < -0.3 is 25.0 Å². The SMILES string of the molecule is COc1ccc(CC(=O)N(CC(=O)NCC(=O)Nc2ccc(OC)cc2)C2CCCCC2)cc1. The second-order valence-electron chi connectivity index (χ2n) is 8.39. The fourth-order valence-corrected chi connectivity index (χ4v) is 4.10. The number of hydrogen-bond acceptors (Lipinski definition) is 5. The molecule has 1 fully saturated rings. The van der Waals surface area contributed by atoms with E-state index in [2.05, 4.69) is 10.6 Å². The summed E-state index contributed by atoms with van der Waals surface area (Å²) >= 11 is 0. The van der Waals surface area contributed by atoms with Gasteiger partial charge in [0.05, 0.1) is 33.7 Å². The minimum Gasteiger partial charge on any atom is -0.497 e. The number of methoxy groups -OCH3 is 2. The van der Waals surface area contributed by atoms with Gasteiger partial charge >= 0.3 is 0 Å². The highest BCUT2D eigenvalue weighted by molar-refractivity contribution is 5.95. The van der Waals surface area contributed by atoms with Gasteiger partial charge in [0.2, 0.25) is 17.7 Å². The molecule has 0 spiro atoms. The van der Waals surface area contributed by atoms with Gasteiger partial charge in [0.15, 0.2) is 0 Å². The summed E-state index contributed by atoms with van der Waals surface area (Å²) in [5.41, 5.74) is 1.48. The zero-order valence-corrected chi connectivity index (χ0v) is 19.8. The summed E-state index contributed by atoms with van der Waals surface area (Å²) in [5.74, 6) is 0.641. The van der Waals surface area contributed by atoms with Crippen molar-refractivity contribution >= 4 is 23.4 Å². The molecule has 3 rings (SSSR count). The molecule has 0 unspecified atom stereocenters. The molecule has 8 nitrogen and oxygen atoms in total. The molecule has 1 aliphatic carbocycles. The molecular weight excluding hydrogens is 434 g/mol. The third-order valence-electron chi connectivity index (χ3n) is 5.98. The predicted octanol–water partition coefficient (Wildman–Crippen LogP) is 3.16. The van der Waals surface area contributed by atoms with Crippen LogP contribution in [0.1, 0.15) is 37.7 Å². The number of hydrogen-bond donors (Lipinski definition) is 2. The van der Waals surface area contributed by atoms with Crippen LogP contribution in [-0.2, 0) is 20.8 Å². The summed E-state index contributed by atoms with van der Waals surface area (Å²) in [6, 6.07) is 14.3. The van der Waals surface area contributed by atoms with E-state index < -0.39 is 0 Å². The van der Waals surface area contributed by atoms with Crippen molar-refractivity contribution in [1.82, 2.24) is 10.2 Å². The predicted molar refractivity (Wildman–Crippen MR) is 130 cm³/mol. The molecule has 0 heterocycles. The zero-order chi connectivity index (χ0) is 24.3. The van der Waals surface area contributed by atoms with Crippen LogP contribution < -0.4 is 20.1 Å². The molecular formula is C26H33N3O5. The maximum Gasteiger partial charge on any atom is 0.243 e. The minimum absolute atomic E-state index is 0.0402. The number of amides is 3. The zero-order valence-electron chi connectivity index (χ0n) is 19.8. The molecule has 1 saturated carbocycles. The molecule has 0 atom stereocenters. The first-order chi connectivity index (χ1) is 16.5. The Morgan fingerprint density at radius 2 is 1.44 bits per heavy atom. The lowest BCUT2D eigenvalue weighted by Crippen LogP contribution is -2.48. The molecule has 0 aliphatic heterocycles. The molecule has 2 aromatic rings. The molecule has 0 saturated heterocycles. The first-order valence-corrected chi connectivity index (χ1v) is 11.6. The Bertz CT molecular complexity index is 953. The van der Waals surface area contributed by atoms with Gasteiger partial charge in [-0.25, -0.2) is 0 Å². The molecule has 34 heavy (non-hydrogen) atoms. The summed E-state index contributed by atoms with van der Waals surface area (Å²) in [7, 11) is 3.17. The van der Waals surface area contributed by atoms with Crippen LogP contribution in [0.15, 0.2) is 48.5 Å². The van der Waals surface area contributed by atoms with Gasteiger partial charge in [-0.2, -0.15) is 0 Å². The van der Waals surface area contributed by atoms with Gasteiger partial charge in [-0.1, -0.05) is 31.4 Å². The number of carbonyl (C=O) groups excluding carboxylic acids is 3. The van der Waals surface area contributed by atoms with Crippen LogP contribution in [-0.4, -0.2) is 56.0 Å². The minimum atomic E-state index is -0.349. The monoisotopic (exact) mass is 467 g/mol. The fraction of sp³-hybridized carbons (Fsp3) is 0.423. The third-order valence-corrected chi connectivity index (χ3v) is 5.98. The lowest BCUT2D eigenvalue weighted by Gasteiger charge is -2.34. The van der Waals surface area contributed by atoms with Crippen molar-refractivity contribution in [2.45, 2.75) is 44.6 Å². The van der Waals surface area contributed by atoms with Crippen LogP contribution in [0.25, 0.3) is 0 Å². The Hall–Kier alpha value is -3.55. The summed E-state index contributed by atoms with van der Waals surface area (Å²) < 4.78 is 10.3. The lowest BCUT2D eigenvalue weighted by atomic mass is 9.93. The molecule has 1 aliphatic rings. The van der Waals surface area contributed by atoms with Crippen LogP contribution in [0.2, 0.25) is 0 Å². The molecule has 2 aromatic carbocycles. The van der Waals surface area contributed by atoms with Gasteiger partial charge in [0.25, 0.3) is 0 Å². The Balaban J connectivity index is 1.55. The maximum atomic E-state index is 13.2. The van der Waals surface area contributed by atoms with E-state index in [1.54, 1.807) is 43.4 Å². The molecule has 0 radical (unpaired) electrons. The van der Waals surface area contributed by atoms with Crippen LogP contribution >= 0.6 is 0 Å². The van der Waals surface area contributed by atoms with Crippen LogP contribution in [0.3, 0.4) is 0 Å². The van der Waals surface area contributed by atoms with E-state index in [1.807, 2.05) is 24.3 Å². The standard InChI is InChI=1S/C26H33N3O5/c1-33-22-12-8-19(9-13-22)16-26(32)29(21-6-4-3-5-7-21)18-25(31)27-17-24(30)28-20-10-14-23(34-2)15-11-20/h8-15,21H,3-7,16-18H2,1-2H3,(H,27,31)(H,28,30). The number of rotatable bonds is 10.